The fraction of sp³-hybridized carbons (Fsp3) is 0.909. The lowest BCUT2D eigenvalue weighted by Gasteiger charge is -2.44. The highest BCUT2D eigenvalue weighted by atomic mass is 16.2. The Hall–Kier alpha value is -0.900. The number of amides is 1. The summed E-state index contributed by atoms with van der Waals surface area (Å²) in [5.41, 5.74) is -0.0860. The molecule has 0 aromatic heterocycles. The molecule has 0 spiro atoms. The minimum Gasteiger partial charge on any atom is -0.342 e. The van der Waals surface area contributed by atoms with Gasteiger partial charge in [0.1, 0.15) is 5.78 Å². The van der Waals surface area contributed by atoms with E-state index in [-0.39, 0.29) is 22.8 Å². The van der Waals surface area contributed by atoms with Gasteiger partial charge in [0, 0.05) is 41.9 Å². The zero-order valence-electron chi connectivity index (χ0n) is 18.1. The highest BCUT2D eigenvalue weighted by Crippen LogP contribution is 2.35. The molecular weight excluding hydrogens is 324 g/mol. The van der Waals surface area contributed by atoms with Gasteiger partial charge in [-0.2, -0.15) is 0 Å². The van der Waals surface area contributed by atoms with Gasteiger partial charge in [0.05, 0.1) is 0 Å². The third-order valence-electron chi connectivity index (χ3n) is 6.57. The van der Waals surface area contributed by atoms with Crippen molar-refractivity contribution in [3.63, 3.8) is 0 Å². The predicted octanol–water partition coefficient (Wildman–Crippen LogP) is 4.13. The van der Waals surface area contributed by atoms with Crippen molar-refractivity contribution in [2.45, 2.75) is 91.6 Å². The third-order valence-corrected chi connectivity index (χ3v) is 6.57. The fourth-order valence-corrected chi connectivity index (χ4v) is 4.49. The van der Waals surface area contributed by atoms with Gasteiger partial charge >= 0.3 is 0 Å². The molecule has 0 unspecified atom stereocenters. The molecule has 1 aliphatic heterocycles. The van der Waals surface area contributed by atoms with Crippen LogP contribution in [0, 0.1) is 17.3 Å². The molecule has 4 heteroatoms. The number of carbonyl (C=O) groups is 2. The molecule has 4 nitrogen and oxygen atoms in total. The molecule has 1 heterocycles. The second-order valence-corrected chi connectivity index (χ2v) is 10.5. The maximum Gasteiger partial charge on any atom is 0.225 e. The average molecular weight is 365 g/mol. The number of likely N-dealkylation sites (tertiary alicyclic amines) is 1. The van der Waals surface area contributed by atoms with Crippen LogP contribution in [0.25, 0.3) is 0 Å². The van der Waals surface area contributed by atoms with Crippen molar-refractivity contribution < 1.29 is 9.59 Å². The van der Waals surface area contributed by atoms with E-state index in [0.29, 0.717) is 17.7 Å². The van der Waals surface area contributed by atoms with Crippen molar-refractivity contribution >= 4 is 11.7 Å². The van der Waals surface area contributed by atoms with E-state index in [2.05, 4.69) is 37.6 Å². The molecule has 2 aliphatic rings. The molecule has 0 N–H and O–H groups in total. The number of carbonyl (C=O) groups excluding carboxylic acids is 2. The molecule has 1 amide bonds. The Morgan fingerprint density at radius 3 is 1.69 bits per heavy atom. The first kappa shape index (κ1) is 21.4. The molecule has 0 atom stereocenters. The number of piperidine rings is 1. The number of ketones is 1. The molecule has 1 saturated carbocycles. The molecule has 0 aromatic rings. The van der Waals surface area contributed by atoms with E-state index in [4.69, 9.17) is 0 Å². The number of hydrogen-bond acceptors (Lipinski definition) is 3. The fourth-order valence-electron chi connectivity index (χ4n) is 4.49. The number of Topliss-reactive ketones (excluding diaryl/α,β-unsaturated/α-hetero) is 1. The zero-order chi connectivity index (χ0) is 19.7. The van der Waals surface area contributed by atoms with Gasteiger partial charge in [-0.05, 0) is 66.3 Å². The molecule has 26 heavy (non-hydrogen) atoms. The van der Waals surface area contributed by atoms with E-state index in [1.54, 1.807) is 0 Å². The van der Waals surface area contributed by atoms with Crippen LogP contribution in [-0.2, 0) is 9.59 Å². The molecule has 0 radical (unpaired) electrons. The van der Waals surface area contributed by atoms with Crippen LogP contribution in [0.15, 0.2) is 0 Å². The van der Waals surface area contributed by atoms with Gasteiger partial charge in [0.15, 0.2) is 0 Å². The van der Waals surface area contributed by atoms with Crippen LogP contribution < -0.4 is 0 Å². The van der Waals surface area contributed by atoms with Crippen LogP contribution in [0.1, 0.15) is 80.1 Å². The van der Waals surface area contributed by atoms with Crippen molar-refractivity contribution in [2.24, 2.45) is 17.3 Å². The highest BCUT2D eigenvalue weighted by Gasteiger charge is 2.37. The highest BCUT2D eigenvalue weighted by molar-refractivity contribution is 5.86. The van der Waals surface area contributed by atoms with Gasteiger partial charge in [-0.25, -0.2) is 0 Å². The Balaban J connectivity index is 1.82. The summed E-state index contributed by atoms with van der Waals surface area (Å²) < 4.78 is 0. The standard InChI is InChI=1S/C22H40N2O2/c1-21(2,3)19(25)16-8-10-17(11-9-16)20(26)24-14-12-18(13-15-24)23(7)22(4,5)6/h16-18H,8-15H2,1-7H3/t16-,17-. The minimum atomic E-state index is -0.261. The first-order valence-electron chi connectivity index (χ1n) is 10.5. The van der Waals surface area contributed by atoms with Crippen LogP contribution in [0.4, 0.5) is 0 Å². The second-order valence-electron chi connectivity index (χ2n) is 10.5. The monoisotopic (exact) mass is 364 g/mol. The maximum atomic E-state index is 12.9. The normalized spacial score (nSPS) is 26.2. The SMILES string of the molecule is CN(C1CCN(C(=O)[C@H]2CC[C@H](C(=O)C(C)(C)C)CC2)CC1)C(C)(C)C. The van der Waals surface area contributed by atoms with E-state index >= 15 is 0 Å². The van der Waals surface area contributed by atoms with Gasteiger partial charge < -0.3 is 4.90 Å². The van der Waals surface area contributed by atoms with Crippen LogP contribution in [-0.4, -0.2) is 53.2 Å². The summed E-state index contributed by atoms with van der Waals surface area (Å²) in [6, 6.07) is 0.569. The van der Waals surface area contributed by atoms with Gasteiger partial charge in [0.2, 0.25) is 5.91 Å². The number of hydrogen-bond donors (Lipinski definition) is 0. The second kappa shape index (κ2) is 8.00. The minimum absolute atomic E-state index is 0.135. The average Bonchev–Trinajstić information content (AvgIpc) is 2.58. The molecule has 0 aromatic carbocycles. The smallest absolute Gasteiger partial charge is 0.225 e. The Kier molecular flexibility index (Phi) is 6.58. The van der Waals surface area contributed by atoms with E-state index in [1.165, 1.54) is 0 Å². The van der Waals surface area contributed by atoms with E-state index in [0.717, 1.165) is 51.6 Å². The van der Waals surface area contributed by atoms with Crippen LogP contribution in [0.5, 0.6) is 0 Å². The Labute approximate surface area is 160 Å². The third kappa shape index (κ3) is 5.09. The quantitative estimate of drug-likeness (QED) is 0.756. The van der Waals surface area contributed by atoms with E-state index < -0.39 is 0 Å². The summed E-state index contributed by atoms with van der Waals surface area (Å²) >= 11 is 0. The Bertz CT molecular complexity index is 499. The number of nitrogens with zero attached hydrogens (tertiary/aromatic N) is 2. The molecule has 2 fully saturated rings. The summed E-state index contributed by atoms with van der Waals surface area (Å²) in [4.78, 5) is 29.9. The van der Waals surface area contributed by atoms with Crippen molar-refractivity contribution in [1.29, 1.82) is 0 Å². The Morgan fingerprint density at radius 1 is 0.808 bits per heavy atom. The molecule has 1 saturated heterocycles. The van der Waals surface area contributed by atoms with Crippen molar-refractivity contribution in [3.05, 3.63) is 0 Å². The molecule has 150 valence electrons. The van der Waals surface area contributed by atoms with E-state index in [1.807, 2.05) is 20.8 Å². The predicted molar refractivity (Wildman–Crippen MR) is 107 cm³/mol. The van der Waals surface area contributed by atoms with Gasteiger partial charge in [-0.15, -0.1) is 0 Å². The van der Waals surface area contributed by atoms with Crippen LogP contribution in [0.3, 0.4) is 0 Å². The molecular formula is C22H40N2O2. The molecule has 2 rings (SSSR count). The summed E-state index contributed by atoms with van der Waals surface area (Å²) in [6.45, 7) is 14.5. The lowest BCUT2D eigenvalue weighted by Crippen LogP contribution is -2.52. The lowest BCUT2D eigenvalue weighted by molar-refractivity contribution is -0.140. The van der Waals surface area contributed by atoms with Gasteiger partial charge in [0.25, 0.3) is 0 Å². The van der Waals surface area contributed by atoms with Crippen molar-refractivity contribution in [1.82, 2.24) is 9.80 Å². The zero-order valence-corrected chi connectivity index (χ0v) is 18.1. The summed E-state index contributed by atoms with van der Waals surface area (Å²) in [5, 5.41) is 0. The molecule has 0 bridgehead atoms. The summed E-state index contributed by atoms with van der Waals surface area (Å²) in [7, 11) is 2.20. The largest absolute Gasteiger partial charge is 0.342 e. The maximum absolute atomic E-state index is 12.9. The van der Waals surface area contributed by atoms with Crippen LogP contribution in [0.2, 0.25) is 0 Å². The first-order chi connectivity index (χ1) is 11.9. The summed E-state index contributed by atoms with van der Waals surface area (Å²) in [6.07, 6.45) is 5.67. The molecule has 1 aliphatic carbocycles. The van der Waals surface area contributed by atoms with Crippen molar-refractivity contribution in [2.75, 3.05) is 20.1 Å². The first-order valence-corrected chi connectivity index (χ1v) is 10.5. The number of rotatable bonds is 3. The van der Waals surface area contributed by atoms with Gasteiger partial charge in [-0.1, -0.05) is 20.8 Å². The van der Waals surface area contributed by atoms with E-state index in [9.17, 15) is 9.59 Å². The lowest BCUT2D eigenvalue weighted by atomic mass is 9.73. The summed E-state index contributed by atoms with van der Waals surface area (Å²) in [5.74, 6) is 0.999. The topological polar surface area (TPSA) is 40.6 Å². The van der Waals surface area contributed by atoms with Crippen LogP contribution >= 0.6 is 0 Å². The Morgan fingerprint density at radius 2 is 1.27 bits per heavy atom. The van der Waals surface area contributed by atoms with Gasteiger partial charge in [-0.3, -0.25) is 14.5 Å². The van der Waals surface area contributed by atoms with Crippen molar-refractivity contribution in [3.8, 4) is 0 Å².